The second kappa shape index (κ2) is 7.37. The number of amides is 1. The summed E-state index contributed by atoms with van der Waals surface area (Å²) in [5.74, 6) is 0.351. The first kappa shape index (κ1) is 17.5. The number of para-hydroxylation sites is 1. The molecule has 0 aliphatic carbocycles. The minimum Gasteiger partial charge on any atom is -0.324 e. The summed E-state index contributed by atoms with van der Waals surface area (Å²) in [6, 6.07) is 13.6. The Bertz CT molecular complexity index is 988. The smallest absolute Gasteiger partial charge is 0.261 e. The van der Waals surface area contributed by atoms with Gasteiger partial charge in [0.1, 0.15) is 0 Å². The third-order valence-electron chi connectivity index (χ3n) is 4.70. The van der Waals surface area contributed by atoms with Crippen LogP contribution in [-0.2, 0) is 6.42 Å². The summed E-state index contributed by atoms with van der Waals surface area (Å²) in [6.07, 6.45) is 5.08. The van der Waals surface area contributed by atoms with E-state index in [-0.39, 0.29) is 5.91 Å². The Morgan fingerprint density at radius 1 is 1.15 bits per heavy atom. The molecule has 0 spiro atoms. The van der Waals surface area contributed by atoms with E-state index in [2.05, 4.69) is 21.4 Å². The first-order valence-corrected chi connectivity index (χ1v) is 9.24. The minimum atomic E-state index is -0.0763. The van der Waals surface area contributed by atoms with Gasteiger partial charge in [-0.15, -0.1) is 0 Å². The Hall–Kier alpha value is -2.92. The maximum absolute atomic E-state index is 12.9. The fourth-order valence-electron chi connectivity index (χ4n) is 3.25. The summed E-state index contributed by atoms with van der Waals surface area (Å²) < 4.78 is 0. The van der Waals surface area contributed by atoms with Crippen LogP contribution < -0.4 is 10.2 Å². The van der Waals surface area contributed by atoms with Crippen LogP contribution >= 0.6 is 11.6 Å². The summed E-state index contributed by atoms with van der Waals surface area (Å²) in [6.45, 7) is 2.68. The maximum Gasteiger partial charge on any atom is 0.261 e. The van der Waals surface area contributed by atoms with E-state index in [9.17, 15) is 4.79 Å². The molecular formula is C21H19ClN4O. The van der Waals surface area contributed by atoms with Crippen LogP contribution in [0.25, 0.3) is 0 Å². The highest BCUT2D eigenvalue weighted by atomic mass is 35.5. The Kier molecular flexibility index (Phi) is 4.77. The van der Waals surface area contributed by atoms with Gasteiger partial charge < -0.3 is 10.2 Å². The standard InChI is InChI=1S/C21H19ClN4O/c1-14-8-9-17(22)11-18(14)25-21-23-12-16(13-24-21)20(27)26-10-4-6-15-5-2-3-7-19(15)26/h2-3,5,7-9,11-13H,4,6,10H2,1H3,(H,23,24,25). The summed E-state index contributed by atoms with van der Waals surface area (Å²) in [5, 5.41) is 3.78. The lowest BCUT2D eigenvalue weighted by molar-refractivity contribution is 0.0984. The number of carbonyl (C=O) groups is 1. The summed E-state index contributed by atoms with van der Waals surface area (Å²) >= 11 is 6.05. The molecule has 1 amide bonds. The normalized spacial score (nSPS) is 13.2. The highest BCUT2D eigenvalue weighted by Crippen LogP contribution is 2.28. The molecule has 136 valence electrons. The van der Waals surface area contributed by atoms with Crippen molar-refractivity contribution in [2.24, 2.45) is 0 Å². The number of halogens is 1. The zero-order valence-electron chi connectivity index (χ0n) is 14.9. The number of nitrogens with zero attached hydrogens (tertiary/aromatic N) is 3. The molecule has 1 aromatic heterocycles. The molecule has 1 aliphatic rings. The van der Waals surface area contributed by atoms with Crippen molar-refractivity contribution in [1.29, 1.82) is 0 Å². The molecule has 1 N–H and O–H groups in total. The zero-order valence-corrected chi connectivity index (χ0v) is 15.7. The van der Waals surface area contributed by atoms with E-state index in [0.29, 0.717) is 23.1 Å². The van der Waals surface area contributed by atoms with Crippen LogP contribution in [0.2, 0.25) is 5.02 Å². The number of benzene rings is 2. The van der Waals surface area contributed by atoms with Crippen molar-refractivity contribution in [3.8, 4) is 0 Å². The molecule has 1 aliphatic heterocycles. The van der Waals surface area contributed by atoms with Crippen LogP contribution in [0, 0.1) is 6.92 Å². The van der Waals surface area contributed by atoms with Crippen molar-refractivity contribution in [2.75, 3.05) is 16.8 Å². The average molecular weight is 379 g/mol. The van der Waals surface area contributed by atoms with Crippen LogP contribution in [0.5, 0.6) is 0 Å². The number of rotatable bonds is 3. The van der Waals surface area contributed by atoms with Crippen molar-refractivity contribution in [3.63, 3.8) is 0 Å². The van der Waals surface area contributed by atoms with Crippen LogP contribution in [0.15, 0.2) is 54.9 Å². The first-order valence-electron chi connectivity index (χ1n) is 8.87. The first-order chi connectivity index (χ1) is 13.1. The largest absolute Gasteiger partial charge is 0.324 e. The van der Waals surface area contributed by atoms with Gasteiger partial charge in [0, 0.05) is 35.3 Å². The molecular weight excluding hydrogens is 360 g/mol. The Morgan fingerprint density at radius 2 is 1.93 bits per heavy atom. The average Bonchev–Trinajstić information content (AvgIpc) is 2.70. The summed E-state index contributed by atoms with van der Waals surface area (Å²) in [5.41, 5.74) is 4.53. The molecule has 3 aromatic rings. The molecule has 0 bridgehead atoms. The molecule has 0 fully saturated rings. The van der Waals surface area contributed by atoms with Gasteiger partial charge in [-0.05, 0) is 49.1 Å². The lowest BCUT2D eigenvalue weighted by atomic mass is 10.0. The monoisotopic (exact) mass is 378 g/mol. The molecule has 4 rings (SSSR count). The van der Waals surface area contributed by atoms with E-state index in [1.807, 2.05) is 48.2 Å². The minimum absolute atomic E-state index is 0.0763. The summed E-state index contributed by atoms with van der Waals surface area (Å²) in [4.78, 5) is 23.4. The molecule has 2 aromatic carbocycles. The predicted molar refractivity (Wildman–Crippen MR) is 108 cm³/mol. The van der Waals surface area contributed by atoms with Gasteiger partial charge in [-0.25, -0.2) is 9.97 Å². The zero-order chi connectivity index (χ0) is 18.8. The third kappa shape index (κ3) is 3.64. The second-order valence-electron chi connectivity index (χ2n) is 6.57. The Balaban J connectivity index is 1.54. The molecule has 0 radical (unpaired) electrons. The van der Waals surface area contributed by atoms with Crippen LogP contribution in [0.4, 0.5) is 17.3 Å². The number of anilines is 3. The van der Waals surface area contributed by atoms with Gasteiger partial charge in [-0.2, -0.15) is 0 Å². The van der Waals surface area contributed by atoms with Gasteiger partial charge in [0.15, 0.2) is 0 Å². The number of hydrogen-bond donors (Lipinski definition) is 1. The lowest BCUT2D eigenvalue weighted by Crippen LogP contribution is -2.35. The predicted octanol–water partition coefficient (Wildman–Crippen LogP) is 4.78. The number of aryl methyl sites for hydroxylation is 2. The van der Waals surface area contributed by atoms with Crippen LogP contribution in [0.3, 0.4) is 0 Å². The van der Waals surface area contributed by atoms with Crippen molar-refractivity contribution in [2.45, 2.75) is 19.8 Å². The van der Waals surface area contributed by atoms with E-state index in [1.165, 1.54) is 5.56 Å². The second-order valence-corrected chi connectivity index (χ2v) is 7.01. The van der Waals surface area contributed by atoms with E-state index in [4.69, 9.17) is 11.6 Å². The van der Waals surface area contributed by atoms with Gasteiger partial charge >= 0.3 is 0 Å². The fraction of sp³-hybridized carbons (Fsp3) is 0.190. The highest BCUT2D eigenvalue weighted by molar-refractivity contribution is 6.30. The van der Waals surface area contributed by atoms with Crippen molar-refractivity contribution >= 4 is 34.8 Å². The Labute approximate surface area is 163 Å². The molecule has 2 heterocycles. The van der Waals surface area contributed by atoms with Gasteiger partial charge in [0.05, 0.1) is 5.56 Å². The van der Waals surface area contributed by atoms with Gasteiger partial charge in [0.25, 0.3) is 5.91 Å². The molecule has 0 unspecified atom stereocenters. The molecule has 6 heteroatoms. The highest BCUT2D eigenvalue weighted by Gasteiger charge is 2.23. The quantitative estimate of drug-likeness (QED) is 0.712. The number of nitrogens with one attached hydrogen (secondary N) is 1. The van der Waals surface area contributed by atoms with Crippen LogP contribution in [-0.4, -0.2) is 22.4 Å². The number of aromatic nitrogens is 2. The SMILES string of the molecule is Cc1ccc(Cl)cc1Nc1ncc(C(=O)N2CCCc3ccccc32)cn1. The van der Waals surface area contributed by atoms with Crippen LogP contribution in [0.1, 0.15) is 27.9 Å². The van der Waals surface area contributed by atoms with Gasteiger partial charge in [-0.3, -0.25) is 4.79 Å². The van der Waals surface area contributed by atoms with Gasteiger partial charge in [-0.1, -0.05) is 35.9 Å². The molecule has 0 saturated carbocycles. The molecule has 0 saturated heterocycles. The number of fused-ring (bicyclic) bond motifs is 1. The molecule has 27 heavy (non-hydrogen) atoms. The number of hydrogen-bond acceptors (Lipinski definition) is 4. The maximum atomic E-state index is 12.9. The fourth-order valence-corrected chi connectivity index (χ4v) is 3.42. The van der Waals surface area contributed by atoms with E-state index in [1.54, 1.807) is 12.4 Å². The van der Waals surface area contributed by atoms with E-state index >= 15 is 0 Å². The molecule has 5 nitrogen and oxygen atoms in total. The lowest BCUT2D eigenvalue weighted by Gasteiger charge is -2.29. The van der Waals surface area contributed by atoms with E-state index < -0.39 is 0 Å². The topological polar surface area (TPSA) is 58.1 Å². The van der Waals surface area contributed by atoms with Crippen molar-refractivity contribution in [3.05, 3.63) is 76.6 Å². The van der Waals surface area contributed by atoms with Crippen molar-refractivity contribution in [1.82, 2.24) is 9.97 Å². The summed E-state index contributed by atoms with van der Waals surface area (Å²) in [7, 11) is 0. The molecule has 0 atom stereocenters. The van der Waals surface area contributed by atoms with Gasteiger partial charge in [0.2, 0.25) is 5.95 Å². The third-order valence-corrected chi connectivity index (χ3v) is 4.94. The Morgan fingerprint density at radius 3 is 2.74 bits per heavy atom. The van der Waals surface area contributed by atoms with E-state index in [0.717, 1.165) is 29.8 Å². The van der Waals surface area contributed by atoms with Crippen molar-refractivity contribution < 1.29 is 4.79 Å². The number of carbonyl (C=O) groups excluding carboxylic acids is 1.